The van der Waals surface area contributed by atoms with E-state index in [-0.39, 0.29) is 6.04 Å². The summed E-state index contributed by atoms with van der Waals surface area (Å²) in [5.41, 5.74) is 8.22. The van der Waals surface area contributed by atoms with E-state index in [0.717, 1.165) is 30.5 Å². The smallest absolute Gasteiger partial charge is 0.404 e. The minimum absolute atomic E-state index is 0.112. The molecule has 1 aliphatic heterocycles. The summed E-state index contributed by atoms with van der Waals surface area (Å²) < 4.78 is 5.44. The van der Waals surface area contributed by atoms with Crippen LogP contribution in [0, 0.1) is 0 Å². The quantitative estimate of drug-likeness (QED) is 0.681. The Labute approximate surface area is 127 Å². The summed E-state index contributed by atoms with van der Waals surface area (Å²) in [6.45, 7) is 1.39. The summed E-state index contributed by atoms with van der Waals surface area (Å²) in [7, 11) is 1.59. The van der Waals surface area contributed by atoms with Crippen LogP contribution in [-0.4, -0.2) is 47.4 Å². The van der Waals surface area contributed by atoms with Crippen LogP contribution in [-0.2, 0) is 0 Å². The van der Waals surface area contributed by atoms with E-state index in [1.165, 1.54) is 0 Å². The van der Waals surface area contributed by atoms with Crippen LogP contribution in [0.3, 0.4) is 0 Å². The molecular weight excluding hydrogens is 286 g/mol. The van der Waals surface area contributed by atoms with Gasteiger partial charge in [-0.1, -0.05) is 0 Å². The van der Waals surface area contributed by atoms with Crippen molar-refractivity contribution < 1.29 is 14.6 Å². The fourth-order valence-electron chi connectivity index (χ4n) is 3.02. The highest BCUT2D eigenvalue weighted by Crippen LogP contribution is 2.39. The molecule has 118 valence electrons. The second kappa shape index (κ2) is 5.63. The van der Waals surface area contributed by atoms with Gasteiger partial charge in [0.05, 0.1) is 30.1 Å². The Kier molecular flexibility index (Phi) is 3.66. The van der Waals surface area contributed by atoms with Gasteiger partial charge in [-0.05, 0) is 12.8 Å². The maximum absolute atomic E-state index is 10.9. The molecule has 1 atom stereocenters. The van der Waals surface area contributed by atoms with Gasteiger partial charge in [0.25, 0.3) is 0 Å². The fraction of sp³-hybridized carbons (Fsp3) is 0.429. The number of piperidine rings is 1. The standard InChI is InChI=1S/C14H19N5O3/c1-22-10-6-17-13-11(9(15)5-16-13)12(10)19-4-2-3-8(7-19)18-14(20)21/h5-6,8,18H,2-4,7,15H2,1H3,(H,16,17)(H,20,21)/t8-/m1/s1. The van der Waals surface area contributed by atoms with Gasteiger partial charge in [0.15, 0.2) is 5.75 Å². The van der Waals surface area contributed by atoms with Gasteiger partial charge in [-0.2, -0.15) is 0 Å². The number of rotatable bonds is 3. The number of nitrogens with two attached hydrogens (primary N) is 1. The molecule has 8 heteroatoms. The largest absolute Gasteiger partial charge is 0.493 e. The molecule has 1 fully saturated rings. The lowest BCUT2D eigenvalue weighted by molar-refractivity contribution is 0.188. The number of hydrogen-bond donors (Lipinski definition) is 4. The maximum Gasteiger partial charge on any atom is 0.404 e. The Morgan fingerprint density at radius 3 is 3.18 bits per heavy atom. The minimum atomic E-state index is -1.00. The number of aromatic amines is 1. The monoisotopic (exact) mass is 305 g/mol. The van der Waals surface area contributed by atoms with Gasteiger partial charge in [-0.3, -0.25) is 0 Å². The zero-order chi connectivity index (χ0) is 15.7. The van der Waals surface area contributed by atoms with Crippen LogP contribution < -0.4 is 20.7 Å². The Balaban J connectivity index is 2.00. The molecule has 22 heavy (non-hydrogen) atoms. The topological polar surface area (TPSA) is 116 Å². The first kappa shape index (κ1) is 14.3. The molecule has 0 saturated carbocycles. The molecule has 8 nitrogen and oxygen atoms in total. The van der Waals surface area contributed by atoms with Gasteiger partial charge in [0.1, 0.15) is 5.65 Å². The number of hydrogen-bond acceptors (Lipinski definition) is 5. The highest BCUT2D eigenvalue weighted by Gasteiger charge is 2.26. The zero-order valence-corrected chi connectivity index (χ0v) is 12.3. The second-order valence-corrected chi connectivity index (χ2v) is 5.38. The molecule has 1 saturated heterocycles. The summed E-state index contributed by atoms with van der Waals surface area (Å²) >= 11 is 0. The van der Waals surface area contributed by atoms with Crippen molar-refractivity contribution in [1.82, 2.24) is 15.3 Å². The lowest BCUT2D eigenvalue weighted by Gasteiger charge is -2.35. The van der Waals surface area contributed by atoms with Gasteiger partial charge < -0.3 is 30.8 Å². The lowest BCUT2D eigenvalue weighted by atomic mass is 10.0. The Hall–Kier alpha value is -2.64. The third-order valence-corrected chi connectivity index (χ3v) is 3.96. The first-order valence-corrected chi connectivity index (χ1v) is 7.14. The molecule has 1 amide bonds. The van der Waals surface area contributed by atoms with Crippen LogP contribution in [0.15, 0.2) is 12.4 Å². The molecule has 0 spiro atoms. The summed E-state index contributed by atoms with van der Waals surface area (Å²) in [5.74, 6) is 0.634. The van der Waals surface area contributed by atoms with Crippen molar-refractivity contribution in [2.24, 2.45) is 0 Å². The molecule has 0 aromatic carbocycles. The molecule has 3 heterocycles. The maximum atomic E-state index is 10.9. The van der Waals surface area contributed by atoms with Crippen LogP contribution in [0.1, 0.15) is 12.8 Å². The first-order chi connectivity index (χ1) is 10.6. The summed E-state index contributed by atoms with van der Waals surface area (Å²) in [6.07, 6.45) is 4.07. The van der Waals surface area contributed by atoms with Gasteiger partial charge in [0.2, 0.25) is 0 Å². The number of fused-ring (bicyclic) bond motifs is 1. The number of carbonyl (C=O) groups is 1. The van der Waals surface area contributed by atoms with Crippen molar-refractivity contribution in [2.75, 3.05) is 30.8 Å². The summed E-state index contributed by atoms with van der Waals surface area (Å²) in [5, 5.41) is 12.3. The van der Waals surface area contributed by atoms with E-state index in [0.29, 0.717) is 23.6 Å². The highest BCUT2D eigenvalue weighted by atomic mass is 16.5. The average Bonchev–Trinajstić information content (AvgIpc) is 2.87. The number of ether oxygens (including phenoxy) is 1. The summed E-state index contributed by atoms with van der Waals surface area (Å²) in [4.78, 5) is 20.3. The van der Waals surface area contributed by atoms with Gasteiger partial charge in [-0.15, -0.1) is 0 Å². The minimum Gasteiger partial charge on any atom is -0.493 e. The molecule has 0 radical (unpaired) electrons. The molecule has 2 aromatic heterocycles. The third kappa shape index (κ3) is 2.47. The van der Waals surface area contributed by atoms with Gasteiger partial charge in [-0.25, -0.2) is 9.78 Å². The molecule has 0 unspecified atom stereocenters. The number of carboxylic acid groups (broad SMARTS) is 1. The Morgan fingerprint density at radius 2 is 2.45 bits per heavy atom. The first-order valence-electron chi connectivity index (χ1n) is 7.14. The number of amides is 1. The van der Waals surface area contributed by atoms with Crippen molar-refractivity contribution in [3.8, 4) is 5.75 Å². The second-order valence-electron chi connectivity index (χ2n) is 5.38. The number of aromatic nitrogens is 2. The number of nitrogens with one attached hydrogen (secondary N) is 2. The number of anilines is 2. The average molecular weight is 305 g/mol. The number of methoxy groups -OCH3 is 1. The molecule has 0 bridgehead atoms. The Bertz CT molecular complexity index is 699. The van der Waals surface area contributed by atoms with E-state index < -0.39 is 6.09 Å². The fourth-order valence-corrected chi connectivity index (χ4v) is 3.02. The molecule has 1 aliphatic rings. The SMILES string of the molecule is COc1cnc2[nH]cc(N)c2c1N1CCC[C@@H](NC(=O)O)C1. The molecule has 0 aliphatic carbocycles. The predicted octanol–water partition coefficient (Wildman–Crippen LogP) is 1.39. The van der Waals surface area contributed by atoms with Crippen LogP contribution >= 0.6 is 0 Å². The van der Waals surface area contributed by atoms with Crippen molar-refractivity contribution in [3.05, 3.63) is 12.4 Å². The van der Waals surface area contributed by atoms with E-state index in [1.54, 1.807) is 19.5 Å². The van der Waals surface area contributed by atoms with Crippen LogP contribution in [0.25, 0.3) is 11.0 Å². The number of H-pyrrole nitrogens is 1. The predicted molar refractivity (Wildman–Crippen MR) is 83.5 cm³/mol. The highest BCUT2D eigenvalue weighted by molar-refractivity contribution is 6.02. The van der Waals surface area contributed by atoms with E-state index in [1.807, 2.05) is 0 Å². The van der Waals surface area contributed by atoms with E-state index in [2.05, 4.69) is 20.2 Å². The zero-order valence-electron chi connectivity index (χ0n) is 12.3. The van der Waals surface area contributed by atoms with Crippen LogP contribution in [0.4, 0.5) is 16.2 Å². The molecular formula is C14H19N5O3. The van der Waals surface area contributed by atoms with Crippen LogP contribution in [0.5, 0.6) is 5.75 Å². The van der Waals surface area contributed by atoms with Crippen molar-refractivity contribution >= 4 is 28.5 Å². The van der Waals surface area contributed by atoms with Crippen molar-refractivity contribution in [3.63, 3.8) is 0 Å². The number of nitrogens with zero attached hydrogens (tertiary/aromatic N) is 2. The van der Waals surface area contributed by atoms with Gasteiger partial charge >= 0.3 is 6.09 Å². The van der Waals surface area contributed by atoms with Gasteiger partial charge in [0, 0.05) is 25.3 Å². The van der Waals surface area contributed by atoms with E-state index >= 15 is 0 Å². The number of nitrogen functional groups attached to an aromatic ring is 1. The van der Waals surface area contributed by atoms with E-state index in [9.17, 15) is 4.79 Å². The lowest BCUT2D eigenvalue weighted by Crippen LogP contribution is -2.47. The van der Waals surface area contributed by atoms with Crippen molar-refractivity contribution in [1.29, 1.82) is 0 Å². The van der Waals surface area contributed by atoms with E-state index in [4.69, 9.17) is 15.6 Å². The molecule has 3 rings (SSSR count). The molecule has 2 aromatic rings. The molecule has 5 N–H and O–H groups in total. The summed E-state index contributed by atoms with van der Waals surface area (Å²) in [6, 6.07) is -0.112. The Morgan fingerprint density at radius 1 is 1.64 bits per heavy atom. The van der Waals surface area contributed by atoms with Crippen molar-refractivity contribution in [2.45, 2.75) is 18.9 Å². The third-order valence-electron chi connectivity index (χ3n) is 3.96. The normalized spacial score (nSPS) is 18.4. The number of pyridine rings is 1. The van der Waals surface area contributed by atoms with Crippen LogP contribution in [0.2, 0.25) is 0 Å².